The highest BCUT2D eigenvalue weighted by atomic mass is 16.5. The predicted molar refractivity (Wildman–Crippen MR) is 118 cm³/mol. The van der Waals surface area contributed by atoms with Gasteiger partial charge in [0.15, 0.2) is 11.6 Å². The minimum Gasteiger partial charge on any atom is -0.478 e. The topological polar surface area (TPSA) is 96.4 Å². The van der Waals surface area contributed by atoms with Crippen LogP contribution >= 0.6 is 0 Å². The van der Waals surface area contributed by atoms with E-state index in [4.69, 9.17) is 4.74 Å². The maximum atomic E-state index is 12.7. The Balaban J connectivity index is 1.31. The maximum absolute atomic E-state index is 12.7. The fourth-order valence-electron chi connectivity index (χ4n) is 3.29. The number of anilines is 3. The molecule has 9 nitrogen and oxygen atoms in total. The molecular formula is C22H25N7O2. The zero-order chi connectivity index (χ0) is 21.6. The van der Waals surface area contributed by atoms with Crippen molar-refractivity contribution in [1.29, 1.82) is 0 Å². The van der Waals surface area contributed by atoms with Gasteiger partial charge in [-0.2, -0.15) is 0 Å². The summed E-state index contributed by atoms with van der Waals surface area (Å²) in [6, 6.07) is 11.2. The fourth-order valence-corrected chi connectivity index (χ4v) is 3.29. The van der Waals surface area contributed by atoms with E-state index < -0.39 is 0 Å². The van der Waals surface area contributed by atoms with Crippen LogP contribution in [-0.4, -0.2) is 63.8 Å². The molecule has 0 atom stereocenters. The van der Waals surface area contributed by atoms with Gasteiger partial charge in [-0.3, -0.25) is 4.79 Å². The van der Waals surface area contributed by atoms with Crippen molar-refractivity contribution in [2.75, 3.05) is 43.0 Å². The summed E-state index contributed by atoms with van der Waals surface area (Å²) in [5.74, 6) is 2.66. The van der Waals surface area contributed by atoms with E-state index in [9.17, 15) is 4.79 Å². The highest BCUT2D eigenvalue weighted by Crippen LogP contribution is 2.18. The van der Waals surface area contributed by atoms with Crippen molar-refractivity contribution >= 4 is 23.4 Å². The second kappa shape index (κ2) is 9.38. The van der Waals surface area contributed by atoms with E-state index in [1.165, 1.54) is 0 Å². The van der Waals surface area contributed by atoms with E-state index in [0.717, 1.165) is 17.2 Å². The molecule has 0 aromatic carbocycles. The molecule has 31 heavy (non-hydrogen) atoms. The van der Waals surface area contributed by atoms with E-state index >= 15 is 0 Å². The Labute approximate surface area is 181 Å². The van der Waals surface area contributed by atoms with Gasteiger partial charge in [0.25, 0.3) is 5.91 Å². The Morgan fingerprint density at radius 1 is 0.968 bits per heavy atom. The lowest BCUT2D eigenvalue weighted by atomic mass is 10.2. The number of hydrogen-bond acceptors (Lipinski definition) is 8. The molecule has 3 aromatic rings. The molecule has 1 N–H and O–H groups in total. The lowest BCUT2D eigenvalue weighted by Gasteiger charge is -2.35. The number of carbonyl (C=O) groups is 1. The van der Waals surface area contributed by atoms with Crippen LogP contribution in [0.5, 0.6) is 5.88 Å². The number of ether oxygens (including phenoxy) is 1. The zero-order valence-corrected chi connectivity index (χ0v) is 17.7. The van der Waals surface area contributed by atoms with Gasteiger partial charge in [-0.1, -0.05) is 6.07 Å². The molecule has 1 amide bonds. The fraction of sp³-hybridized carbons (Fsp3) is 0.318. The van der Waals surface area contributed by atoms with Crippen LogP contribution in [0, 0.1) is 6.92 Å². The SMILES string of the molecule is CCOc1ccc(C(=O)N2CCN(c3ccc(Nc4ccc(C)cn4)nn3)CC2)cn1. The maximum Gasteiger partial charge on any atom is 0.255 e. The molecule has 4 rings (SSSR count). The molecule has 0 radical (unpaired) electrons. The number of aromatic nitrogens is 4. The number of nitrogens with zero attached hydrogens (tertiary/aromatic N) is 6. The number of pyridine rings is 2. The van der Waals surface area contributed by atoms with E-state index in [-0.39, 0.29) is 5.91 Å². The average molecular weight is 419 g/mol. The summed E-state index contributed by atoms with van der Waals surface area (Å²) in [4.78, 5) is 25.2. The minimum absolute atomic E-state index is 0.0218. The first kappa shape index (κ1) is 20.5. The Morgan fingerprint density at radius 3 is 2.39 bits per heavy atom. The lowest BCUT2D eigenvalue weighted by Crippen LogP contribution is -2.49. The van der Waals surface area contributed by atoms with Crippen LogP contribution in [0.3, 0.4) is 0 Å². The number of carbonyl (C=O) groups excluding carboxylic acids is 1. The summed E-state index contributed by atoms with van der Waals surface area (Å²) < 4.78 is 5.33. The van der Waals surface area contributed by atoms with Crippen molar-refractivity contribution in [3.05, 3.63) is 59.9 Å². The molecule has 0 spiro atoms. The van der Waals surface area contributed by atoms with Crippen LogP contribution in [0.15, 0.2) is 48.8 Å². The first-order chi connectivity index (χ1) is 15.1. The summed E-state index contributed by atoms with van der Waals surface area (Å²) in [7, 11) is 0. The summed E-state index contributed by atoms with van der Waals surface area (Å²) in [6.45, 7) is 7.05. The number of nitrogens with one attached hydrogen (secondary N) is 1. The molecule has 0 unspecified atom stereocenters. The minimum atomic E-state index is -0.0218. The number of aryl methyl sites for hydroxylation is 1. The van der Waals surface area contributed by atoms with Gasteiger partial charge in [-0.15, -0.1) is 10.2 Å². The summed E-state index contributed by atoms with van der Waals surface area (Å²) in [5.41, 5.74) is 1.67. The van der Waals surface area contributed by atoms with E-state index in [2.05, 4.69) is 30.4 Å². The zero-order valence-electron chi connectivity index (χ0n) is 17.7. The molecule has 3 aromatic heterocycles. The Morgan fingerprint density at radius 2 is 1.77 bits per heavy atom. The van der Waals surface area contributed by atoms with Crippen molar-refractivity contribution in [1.82, 2.24) is 25.1 Å². The molecule has 1 aliphatic rings. The van der Waals surface area contributed by atoms with Gasteiger partial charge in [0, 0.05) is 44.6 Å². The number of piperazine rings is 1. The molecule has 160 valence electrons. The van der Waals surface area contributed by atoms with Gasteiger partial charge in [-0.05, 0) is 43.7 Å². The number of rotatable bonds is 6. The largest absolute Gasteiger partial charge is 0.478 e. The number of hydrogen-bond donors (Lipinski definition) is 1. The van der Waals surface area contributed by atoms with Gasteiger partial charge in [-0.25, -0.2) is 9.97 Å². The summed E-state index contributed by atoms with van der Waals surface area (Å²) in [6.07, 6.45) is 3.37. The van der Waals surface area contributed by atoms with Gasteiger partial charge in [0.2, 0.25) is 5.88 Å². The summed E-state index contributed by atoms with van der Waals surface area (Å²) in [5, 5.41) is 11.7. The molecule has 0 saturated carbocycles. The van der Waals surface area contributed by atoms with Crippen LogP contribution in [0.1, 0.15) is 22.8 Å². The molecule has 9 heteroatoms. The van der Waals surface area contributed by atoms with E-state index in [1.54, 1.807) is 24.5 Å². The second-order valence-corrected chi connectivity index (χ2v) is 7.22. The van der Waals surface area contributed by atoms with E-state index in [1.807, 2.05) is 43.0 Å². The summed E-state index contributed by atoms with van der Waals surface area (Å²) >= 11 is 0. The molecule has 0 bridgehead atoms. The van der Waals surface area contributed by atoms with Crippen LogP contribution in [0.2, 0.25) is 0 Å². The van der Waals surface area contributed by atoms with Crippen molar-refractivity contribution in [2.45, 2.75) is 13.8 Å². The second-order valence-electron chi connectivity index (χ2n) is 7.22. The number of amides is 1. The third-order valence-electron chi connectivity index (χ3n) is 4.98. The van der Waals surface area contributed by atoms with Crippen molar-refractivity contribution in [2.24, 2.45) is 0 Å². The molecule has 1 saturated heterocycles. The average Bonchev–Trinajstić information content (AvgIpc) is 2.81. The van der Waals surface area contributed by atoms with Gasteiger partial charge in [0.1, 0.15) is 5.82 Å². The first-order valence-electron chi connectivity index (χ1n) is 10.3. The Bertz CT molecular complexity index is 1000. The highest BCUT2D eigenvalue weighted by molar-refractivity contribution is 5.94. The molecule has 1 fully saturated rings. The smallest absolute Gasteiger partial charge is 0.255 e. The lowest BCUT2D eigenvalue weighted by molar-refractivity contribution is 0.0746. The quantitative estimate of drug-likeness (QED) is 0.651. The molecular weight excluding hydrogens is 394 g/mol. The predicted octanol–water partition coefficient (Wildman–Crippen LogP) is 2.68. The van der Waals surface area contributed by atoms with Crippen LogP contribution in [0.4, 0.5) is 17.5 Å². The monoisotopic (exact) mass is 419 g/mol. The molecule has 0 aliphatic carbocycles. The molecule has 4 heterocycles. The van der Waals surface area contributed by atoms with Crippen molar-refractivity contribution < 1.29 is 9.53 Å². The normalized spacial score (nSPS) is 13.7. The Kier molecular flexibility index (Phi) is 6.21. The van der Waals surface area contributed by atoms with Crippen LogP contribution in [-0.2, 0) is 0 Å². The Hall–Kier alpha value is -3.75. The standard InChI is InChI=1S/C22H25N7O2/c1-3-31-21-9-5-17(15-24-21)22(30)29-12-10-28(11-13-29)20-8-7-19(26-27-20)25-18-6-4-16(2)14-23-18/h4-9,14-15H,3,10-13H2,1-2H3,(H,23,25,26). The van der Waals surface area contributed by atoms with Crippen LogP contribution in [0.25, 0.3) is 0 Å². The molecule has 1 aliphatic heterocycles. The van der Waals surface area contributed by atoms with Crippen molar-refractivity contribution in [3.63, 3.8) is 0 Å². The van der Waals surface area contributed by atoms with Gasteiger partial charge in [0.05, 0.1) is 12.2 Å². The van der Waals surface area contributed by atoms with Gasteiger partial charge >= 0.3 is 0 Å². The van der Waals surface area contributed by atoms with E-state index in [0.29, 0.717) is 50.0 Å². The first-order valence-corrected chi connectivity index (χ1v) is 10.3. The third kappa shape index (κ3) is 5.06. The highest BCUT2D eigenvalue weighted by Gasteiger charge is 2.23. The van der Waals surface area contributed by atoms with Gasteiger partial charge < -0.3 is 19.9 Å². The third-order valence-corrected chi connectivity index (χ3v) is 4.98. The van der Waals surface area contributed by atoms with Crippen molar-refractivity contribution in [3.8, 4) is 5.88 Å². The van der Waals surface area contributed by atoms with Crippen LogP contribution < -0.4 is 15.0 Å².